The van der Waals surface area contributed by atoms with Gasteiger partial charge in [0.05, 0.1) is 10.2 Å². The normalized spacial score (nSPS) is 15.8. The second-order valence-corrected chi connectivity index (χ2v) is 6.00. The lowest BCUT2D eigenvalue weighted by molar-refractivity contribution is -0.385. The molecule has 92 valence electrons. The highest BCUT2D eigenvalue weighted by Crippen LogP contribution is 2.28. The van der Waals surface area contributed by atoms with Gasteiger partial charge >= 0.3 is 0 Å². The highest BCUT2D eigenvalue weighted by atomic mass is 32.2. The molecule has 1 saturated carbocycles. The number of hydrogen-bond acceptors (Lipinski definition) is 4. The number of nitro groups is 1. The van der Waals surface area contributed by atoms with Crippen LogP contribution in [-0.2, 0) is 16.6 Å². The molecule has 0 aliphatic heterocycles. The zero-order valence-electron chi connectivity index (χ0n) is 9.00. The Hall–Kier alpha value is -1.47. The van der Waals surface area contributed by atoms with E-state index < -0.39 is 14.9 Å². The highest BCUT2D eigenvalue weighted by Gasteiger charge is 2.35. The predicted molar refractivity (Wildman–Crippen MR) is 61.9 cm³/mol. The Morgan fingerprint density at radius 3 is 2.59 bits per heavy atom. The molecule has 0 amide bonds. The van der Waals surface area contributed by atoms with Gasteiger partial charge in [-0.2, -0.15) is 0 Å². The van der Waals surface area contributed by atoms with Crippen LogP contribution in [0.3, 0.4) is 0 Å². The largest absolute Gasteiger partial charge is 0.273 e. The lowest BCUT2D eigenvalue weighted by atomic mass is 10.2. The summed E-state index contributed by atoms with van der Waals surface area (Å²) in [6.45, 7) is -0.0318. The number of sulfonamides is 1. The molecule has 0 aromatic heterocycles. The monoisotopic (exact) mass is 256 g/mol. The molecule has 0 saturated heterocycles. The van der Waals surface area contributed by atoms with Gasteiger partial charge in [0.1, 0.15) is 0 Å². The minimum atomic E-state index is -3.30. The Bertz CT molecular complexity index is 537. The summed E-state index contributed by atoms with van der Waals surface area (Å²) >= 11 is 0. The third-order valence-electron chi connectivity index (χ3n) is 2.62. The van der Waals surface area contributed by atoms with Crippen LogP contribution in [0.1, 0.15) is 18.4 Å². The van der Waals surface area contributed by atoms with E-state index >= 15 is 0 Å². The van der Waals surface area contributed by atoms with Crippen molar-refractivity contribution in [3.63, 3.8) is 0 Å². The first-order chi connectivity index (χ1) is 8.00. The van der Waals surface area contributed by atoms with Crippen LogP contribution in [0, 0.1) is 10.1 Å². The average molecular weight is 256 g/mol. The second kappa shape index (κ2) is 4.42. The summed E-state index contributed by atoms with van der Waals surface area (Å²) in [6, 6.07) is 6.11. The lowest BCUT2D eigenvalue weighted by Crippen LogP contribution is -2.26. The quantitative estimate of drug-likeness (QED) is 0.632. The van der Waals surface area contributed by atoms with Crippen LogP contribution in [0.5, 0.6) is 0 Å². The molecule has 1 N–H and O–H groups in total. The zero-order chi connectivity index (χ0) is 12.5. The molecule has 1 aliphatic carbocycles. The van der Waals surface area contributed by atoms with Crippen molar-refractivity contribution in [3.8, 4) is 0 Å². The minimum absolute atomic E-state index is 0.0318. The van der Waals surface area contributed by atoms with E-state index in [1.54, 1.807) is 18.2 Å². The number of rotatable bonds is 5. The van der Waals surface area contributed by atoms with Crippen molar-refractivity contribution in [1.29, 1.82) is 0 Å². The maximum absolute atomic E-state index is 11.6. The van der Waals surface area contributed by atoms with Crippen molar-refractivity contribution < 1.29 is 13.3 Å². The summed E-state index contributed by atoms with van der Waals surface area (Å²) < 4.78 is 25.5. The van der Waals surface area contributed by atoms with Crippen molar-refractivity contribution >= 4 is 15.7 Å². The number of hydrogen-bond donors (Lipinski definition) is 1. The second-order valence-electron chi connectivity index (χ2n) is 3.95. The molecule has 0 spiro atoms. The molecule has 1 aliphatic rings. The number of nitrogens with zero attached hydrogens (tertiary/aromatic N) is 1. The van der Waals surface area contributed by atoms with E-state index in [1.165, 1.54) is 6.07 Å². The van der Waals surface area contributed by atoms with Gasteiger partial charge in [0.15, 0.2) is 0 Å². The van der Waals surface area contributed by atoms with Gasteiger partial charge in [-0.3, -0.25) is 10.1 Å². The van der Waals surface area contributed by atoms with Crippen LogP contribution in [0.15, 0.2) is 24.3 Å². The lowest BCUT2D eigenvalue weighted by Gasteiger charge is -2.05. The maximum atomic E-state index is 11.6. The third kappa shape index (κ3) is 2.80. The van der Waals surface area contributed by atoms with Gasteiger partial charge in [0.25, 0.3) is 5.69 Å². The van der Waals surface area contributed by atoms with E-state index in [9.17, 15) is 18.5 Å². The van der Waals surface area contributed by atoms with E-state index in [-0.39, 0.29) is 17.5 Å². The molecule has 2 rings (SSSR count). The first-order valence-corrected chi connectivity index (χ1v) is 6.76. The zero-order valence-corrected chi connectivity index (χ0v) is 9.81. The number of nitrogens with one attached hydrogen (secondary N) is 1. The standard InChI is InChI=1S/C10H12N2O4S/c13-12(14)10-4-2-1-3-8(10)7-11-17(15,16)9-5-6-9/h1-4,9,11H,5-7H2. The number of nitro benzene ring substituents is 1. The highest BCUT2D eigenvalue weighted by molar-refractivity contribution is 7.90. The van der Waals surface area contributed by atoms with Crippen LogP contribution >= 0.6 is 0 Å². The average Bonchev–Trinajstić information content (AvgIpc) is 3.11. The van der Waals surface area contributed by atoms with Crippen LogP contribution in [0.2, 0.25) is 0 Å². The van der Waals surface area contributed by atoms with Gasteiger partial charge in [0.2, 0.25) is 10.0 Å². The van der Waals surface area contributed by atoms with Gasteiger partial charge in [0, 0.05) is 18.2 Å². The molecular weight excluding hydrogens is 244 g/mol. The molecule has 7 heteroatoms. The van der Waals surface area contributed by atoms with Crippen LogP contribution in [-0.4, -0.2) is 18.6 Å². The Morgan fingerprint density at radius 1 is 1.35 bits per heavy atom. The molecule has 1 fully saturated rings. The van der Waals surface area contributed by atoms with Gasteiger partial charge in [-0.1, -0.05) is 18.2 Å². The molecule has 0 heterocycles. The summed E-state index contributed by atoms with van der Waals surface area (Å²) in [6.07, 6.45) is 1.35. The summed E-state index contributed by atoms with van der Waals surface area (Å²) in [5, 5.41) is 10.4. The van der Waals surface area contributed by atoms with E-state index in [2.05, 4.69) is 4.72 Å². The van der Waals surface area contributed by atoms with E-state index in [4.69, 9.17) is 0 Å². The van der Waals surface area contributed by atoms with Crippen molar-refractivity contribution in [2.75, 3.05) is 0 Å². The van der Waals surface area contributed by atoms with Gasteiger partial charge in [-0.25, -0.2) is 13.1 Å². The SMILES string of the molecule is O=[N+]([O-])c1ccccc1CNS(=O)(=O)C1CC1. The smallest absolute Gasteiger partial charge is 0.258 e. The fraction of sp³-hybridized carbons (Fsp3) is 0.400. The Balaban J connectivity index is 2.11. The topological polar surface area (TPSA) is 89.3 Å². The molecule has 0 unspecified atom stereocenters. The van der Waals surface area contributed by atoms with Crippen molar-refractivity contribution in [3.05, 3.63) is 39.9 Å². The van der Waals surface area contributed by atoms with E-state index in [0.29, 0.717) is 18.4 Å². The molecular formula is C10H12N2O4S. The maximum Gasteiger partial charge on any atom is 0.273 e. The Kier molecular flexibility index (Phi) is 3.12. The summed E-state index contributed by atoms with van der Waals surface area (Å²) in [5.41, 5.74) is 0.313. The first-order valence-electron chi connectivity index (χ1n) is 5.21. The molecule has 6 nitrogen and oxygen atoms in total. The van der Waals surface area contributed by atoms with Crippen molar-refractivity contribution in [1.82, 2.24) is 4.72 Å². The molecule has 0 radical (unpaired) electrons. The Morgan fingerprint density at radius 2 is 2.00 bits per heavy atom. The van der Waals surface area contributed by atoms with Crippen LogP contribution < -0.4 is 4.72 Å². The summed E-state index contributed by atoms with van der Waals surface area (Å²) in [5.74, 6) is 0. The molecule has 0 atom stereocenters. The van der Waals surface area contributed by atoms with Crippen molar-refractivity contribution in [2.24, 2.45) is 0 Å². The van der Waals surface area contributed by atoms with Crippen LogP contribution in [0.4, 0.5) is 5.69 Å². The van der Waals surface area contributed by atoms with Gasteiger partial charge in [-0.15, -0.1) is 0 Å². The molecule has 17 heavy (non-hydrogen) atoms. The van der Waals surface area contributed by atoms with E-state index in [1.807, 2.05) is 0 Å². The molecule has 1 aromatic carbocycles. The molecule has 1 aromatic rings. The van der Waals surface area contributed by atoms with Crippen LogP contribution in [0.25, 0.3) is 0 Å². The first kappa shape index (κ1) is 12.0. The number of para-hydroxylation sites is 1. The summed E-state index contributed by atoms with van der Waals surface area (Å²) in [7, 11) is -3.30. The van der Waals surface area contributed by atoms with E-state index in [0.717, 1.165) is 0 Å². The minimum Gasteiger partial charge on any atom is -0.258 e. The molecule has 0 bridgehead atoms. The third-order valence-corrected chi connectivity index (χ3v) is 4.51. The Labute approximate surface area is 98.8 Å². The fourth-order valence-corrected chi connectivity index (χ4v) is 2.86. The van der Waals surface area contributed by atoms with Crippen molar-refractivity contribution in [2.45, 2.75) is 24.6 Å². The number of benzene rings is 1. The van der Waals surface area contributed by atoms with Gasteiger partial charge < -0.3 is 0 Å². The van der Waals surface area contributed by atoms with Gasteiger partial charge in [-0.05, 0) is 12.8 Å². The fourth-order valence-electron chi connectivity index (χ4n) is 1.51. The summed E-state index contributed by atoms with van der Waals surface area (Å²) in [4.78, 5) is 10.2. The predicted octanol–water partition coefficient (Wildman–Crippen LogP) is 1.18.